The molecule has 0 aromatic carbocycles. The van der Waals surface area contributed by atoms with E-state index in [2.05, 4.69) is 5.32 Å². The van der Waals surface area contributed by atoms with Gasteiger partial charge in [-0.25, -0.2) is 8.42 Å². The van der Waals surface area contributed by atoms with Crippen LogP contribution in [0.3, 0.4) is 0 Å². The third-order valence-electron chi connectivity index (χ3n) is 2.48. The van der Waals surface area contributed by atoms with E-state index in [-0.39, 0.29) is 11.9 Å². The summed E-state index contributed by atoms with van der Waals surface area (Å²) in [6.45, 7) is 7.98. The van der Waals surface area contributed by atoms with Crippen LogP contribution in [0.15, 0.2) is 0 Å². The van der Waals surface area contributed by atoms with Crippen LogP contribution in [0.4, 0.5) is 0 Å². The predicted molar refractivity (Wildman–Crippen MR) is 67.3 cm³/mol. The highest BCUT2D eigenvalue weighted by Crippen LogP contribution is 2.15. The molecule has 0 aliphatic rings. The van der Waals surface area contributed by atoms with Crippen LogP contribution in [0.2, 0.25) is 0 Å². The summed E-state index contributed by atoms with van der Waals surface area (Å²) in [5.74, 6) is 0.120. The van der Waals surface area contributed by atoms with Gasteiger partial charge in [-0.3, -0.25) is 0 Å². The van der Waals surface area contributed by atoms with Crippen molar-refractivity contribution in [2.75, 3.05) is 18.8 Å². The Kier molecular flexibility index (Phi) is 6.51. The predicted octanol–water partition coefficient (Wildman–Crippen LogP) is 0.950. The average Bonchev–Trinajstić information content (AvgIpc) is 2.11. The second-order valence-corrected chi connectivity index (χ2v) is 7.94. The van der Waals surface area contributed by atoms with Gasteiger partial charge < -0.3 is 10.4 Å². The molecular weight excluding hydrogens is 226 g/mol. The zero-order chi connectivity index (χ0) is 12.8. The van der Waals surface area contributed by atoms with Crippen molar-refractivity contribution < 1.29 is 13.5 Å². The zero-order valence-electron chi connectivity index (χ0n) is 10.8. The van der Waals surface area contributed by atoms with Crippen molar-refractivity contribution in [3.63, 3.8) is 0 Å². The number of sulfone groups is 1. The molecule has 0 aliphatic carbocycles. The van der Waals surface area contributed by atoms with Gasteiger partial charge in [-0.05, 0) is 27.2 Å². The largest absolute Gasteiger partial charge is 0.392 e. The van der Waals surface area contributed by atoms with E-state index < -0.39 is 14.6 Å². The number of aliphatic hydroxyl groups excluding tert-OH is 1. The van der Waals surface area contributed by atoms with Crippen molar-refractivity contribution >= 4 is 9.84 Å². The minimum atomic E-state index is -3.05. The third kappa shape index (κ3) is 5.82. The van der Waals surface area contributed by atoms with Crippen molar-refractivity contribution in [1.82, 2.24) is 5.32 Å². The number of nitrogens with one attached hydrogen (secondary N) is 1. The van der Waals surface area contributed by atoms with Crippen LogP contribution >= 0.6 is 0 Å². The van der Waals surface area contributed by atoms with E-state index in [0.29, 0.717) is 13.1 Å². The van der Waals surface area contributed by atoms with Gasteiger partial charge in [-0.1, -0.05) is 13.3 Å². The Hall–Kier alpha value is -0.130. The number of rotatable bonds is 7. The fraction of sp³-hybridized carbons (Fsp3) is 1.00. The minimum absolute atomic E-state index is 0.120. The van der Waals surface area contributed by atoms with Crippen LogP contribution in [-0.4, -0.2) is 43.2 Å². The molecule has 98 valence electrons. The van der Waals surface area contributed by atoms with E-state index in [1.54, 1.807) is 20.8 Å². The smallest absolute Gasteiger partial charge is 0.156 e. The lowest BCUT2D eigenvalue weighted by Gasteiger charge is -2.19. The molecule has 0 bridgehead atoms. The summed E-state index contributed by atoms with van der Waals surface area (Å²) >= 11 is 0. The number of aliphatic hydroxyl groups is 1. The maximum atomic E-state index is 11.7. The van der Waals surface area contributed by atoms with Crippen molar-refractivity contribution in [3.8, 4) is 0 Å². The average molecular weight is 251 g/mol. The van der Waals surface area contributed by atoms with E-state index in [9.17, 15) is 13.5 Å². The van der Waals surface area contributed by atoms with E-state index in [1.807, 2.05) is 6.92 Å². The molecule has 5 heteroatoms. The Morgan fingerprint density at radius 1 is 1.31 bits per heavy atom. The Labute approximate surface area is 99.4 Å². The first-order valence-corrected chi connectivity index (χ1v) is 7.47. The molecule has 2 N–H and O–H groups in total. The van der Waals surface area contributed by atoms with Crippen molar-refractivity contribution in [3.05, 3.63) is 0 Å². The molecular formula is C11H25NO3S. The fourth-order valence-electron chi connectivity index (χ4n) is 1.22. The third-order valence-corrected chi connectivity index (χ3v) is 5.09. The maximum Gasteiger partial charge on any atom is 0.156 e. The molecule has 16 heavy (non-hydrogen) atoms. The number of hydrogen-bond donors (Lipinski definition) is 2. The van der Waals surface area contributed by atoms with Gasteiger partial charge in [0.05, 0.1) is 16.6 Å². The van der Waals surface area contributed by atoms with Crippen molar-refractivity contribution in [1.29, 1.82) is 0 Å². The Morgan fingerprint density at radius 3 is 2.31 bits per heavy atom. The van der Waals surface area contributed by atoms with Crippen LogP contribution in [0, 0.1) is 0 Å². The van der Waals surface area contributed by atoms with Gasteiger partial charge in [0, 0.05) is 13.1 Å². The van der Waals surface area contributed by atoms with Gasteiger partial charge in [0.15, 0.2) is 9.84 Å². The molecule has 0 fully saturated rings. The van der Waals surface area contributed by atoms with E-state index in [0.717, 1.165) is 12.8 Å². The lowest BCUT2D eigenvalue weighted by molar-refractivity contribution is 0.161. The van der Waals surface area contributed by atoms with Gasteiger partial charge in [0.1, 0.15) is 0 Å². The summed E-state index contributed by atoms with van der Waals surface area (Å²) in [6.07, 6.45) is 1.31. The molecule has 1 unspecified atom stereocenters. The van der Waals surface area contributed by atoms with Gasteiger partial charge in [-0.2, -0.15) is 0 Å². The molecule has 0 saturated heterocycles. The van der Waals surface area contributed by atoms with E-state index >= 15 is 0 Å². The molecule has 0 aromatic heterocycles. The Morgan fingerprint density at radius 2 is 1.88 bits per heavy atom. The second kappa shape index (κ2) is 6.57. The molecule has 0 aromatic rings. The summed E-state index contributed by atoms with van der Waals surface area (Å²) in [5, 5.41) is 12.4. The first-order valence-electron chi connectivity index (χ1n) is 5.82. The first-order chi connectivity index (χ1) is 7.20. The van der Waals surface area contributed by atoms with Gasteiger partial charge in [0.25, 0.3) is 0 Å². The first kappa shape index (κ1) is 15.9. The standard InChI is InChI=1S/C11H25NO3S/c1-5-6-10(13)9-12-7-8-16(14,15)11(2,3)4/h10,12-13H,5-9H2,1-4H3. The van der Waals surface area contributed by atoms with Crippen molar-refractivity contribution in [2.45, 2.75) is 51.4 Å². The molecule has 1 atom stereocenters. The Bertz CT molecular complexity index is 280. The van der Waals surface area contributed by atoms with Crippen LogP contribution in [0.5, 0.6) is 0 Å². The molecule has 0 amide bonds. The monoisotopic (exact) mass is 251 g/mol. The SMILES string of the molecule is CCCC(O)CNCCS(=O)(=O)C(C)(C)C. The Balaban J connectivity index is 3.84. The summed E-state index contributed by atoms with van der Waals surface area (Å²) in [5.41, 5.74) is 0. The van der Waals surface area contributed by atoms with Gasteiger partial charge in [-0.15, -0.1) is 0 Å². The molecule has 4 nitrogen and oxygen atoms in total. The number of hydrogen-bond acceptors (Lipinski definition) is 4. The highest BCUT2D eigenvalue weighted by molar-refractivity contribution is 7.92. The van der Waals surface area contributed by atoms with E-state index in [1.165, 1.54) is 0 Å². The van der Waals surface area contributed by atoms with Crippen LogP contribution in [0.1, 0.15) is 40.5 Å². The van der Waals surface area contributed by atoms with Crippen LogP contribution < -0.4 is 5.32 Å². The topological polar surface area (TPSA) is 66.4 Å². The second-order valence-electron chi connectivity index (χ2n) is 5.08. The highest BCUT2D eigenvalue weighted by Gasteiger charge is 2.27. The minimum Gasteiger partial charge on any atom is -0.392 e. The van der Waals surface area contributed by atoms with Gasteiger partial charge >= 0.3 is 0 Å². The van der Waals surface area contributed by atoms with E-state index in [4.69, 9.17) is 0 Å². The molecule has 0 aliphatic heterocycles. The summed E-state index contributed by atoms with van der Waals surface area (Å²) < 4.78 is 22.7. The maximum absolute atomic E-state index is 11.7. The van der Waals surface area contributed by atoms with Crippen molar-refractivity contribution in [2.24, 2.45) is 0 Å². The zero-order valence-corrected chi connectivity index (χ0v) is 11.6. The van der Waals surface area contributed by atoms with Crippen LogP contribution in [0.25, 0.3) is 0 Å². The quantitative estimate of drug-likeness (QED) is 0.661. The normalized spacial score (nSPS) is 15.1. The molecule has 0 rings (SSSR count). The molecule has 0 heterocycles. The fourth-order valence-corrected chi connectivity index (χ4v) is 2.24. The molecule has 0 spiro atoms. The summed E-state index contributed by atoms with van der Waals surface area (Å²) in [4.78, 5) is 0. The summed E-state index contributed by atoms with van der Waals surface area (Å²) in [6, 6.07) is 0. The molecule has 0 saturated carbocycles. The molecule has 0 radical (unpaired) electrons. The lowest BCUT2D eigenvalue weighted by atomic mass is 10.2. The highest BCUT2D eigenvalue weighted by atomic mass is 32.2. The summed E-state index contributed by atoms with van der Waals surface area (Å²) in [7, 11) is -3.05. The van der Waals surface area contributed by atoms with Crippen LogP contribution in [-0.2, 0) is 9.84 Å². The lowest BCUT2D eigenvalue weighted by Crippen LogP contribution is -2.36. The van der Waals surface area contributed by atoms with Gasteiger partial charge in [0.2, 0.25) is 0 Å².